The summed E-state index contributed by atoms with van der Waals surface area (Å²) in [6, 6.07) is 8.92. The fourth-order valence-corrected chi connectivity index (χ4v) is 5.06. The number of benzene rings is 1. The van der Waals surface area contributed by atoms with Gasteiger partial charge in [-0.15, -0.1) is 0 Å². The maximum absolute atomic E-state index is 5.82. The van der Waals surface area contributed by atoms with Crippen molar-refractivity contribution in [3.63, 3.8) is 0 Å². The number of guanidine groups is 1. The molecule has 6 heteroatoms. The highest BCUT2D eigenvalue weighted by Crippen LogP contribution is 2.25. The van der Waals surface area contributed by atoms with Gasteiger partial charge in [0.25, 0.3) is 0 Å². The highest BCUT2D eigenvalue weighted by Gasteiger charge is 2.22. The smallest absolute Gasteiger partial charge is 0.191 e. The highest BCUT2D eigenvalue weighted by atomic mass is 32.2. The Labute approximate surface area is 168 Å². The van der Waals surface area contributed by atoms with Gasteiger partial charge < -0.3 is 15.4 Å². The lowest BCUT2D eigenvalue weighted by molar-refractivity contribution is -0.0704. The fourth-order valence-electron chi connectivity index (χ4n) is 3.86. The second kappa shape index (κ2) is 10.3. The van der Waals surface area contributed by atoms with Crippen LogP contribution in [0.3, 0.4) is 0 Å². The molecule has 27 heavy (non-hydrogen) atoms. The number of morpholine rings is 1. The molecule has 2 aliphatic heterocycles. The molecule has 0 amide bonds. The molecule has 2 N–H and O–H groups in total. The maximum Gasteiger partial charge on any atom is 0.191 e. The summed E-state index contributed by atoms with van der Waals surface area (Å²) in [4.78, 5) is 6.82. The van der Waals surface area contributed by atoms with Crippen LogP contribution in [0.4, 0.5) is 0 Å². The summed E-state index contributed by atoms with van der Waals surface area (Å²) >= 11 is 2.07. The van der Waals surface area contributed by atoms with Gasteiger partial charge >= 0.3 is 0 Å². The number of hydrogen-bond donors (Lipinski definition) is 2. The molecule has 0 spiro atoms. The normalized spacial score (nSPS) is 26.9. The lowest BCUT2D eigenvalue weighted by Gasteiger charge is -2.35. The standard InChI is InChI=1S/C21H34N4OS/c1-16-13-25(14-17(2)26-16)15-19-8-6-18(7-9-19)11-23-21(22-3)24-12-20-5-4-10-27-20/h6-9,16-17,20H,4-5,10-15H2,1-3H3,(H2,22,23,24). The number of rotatable bonds is 6. The van der Waals surface area contributed by atoms with Gasteiger partial charge in [0, 0.05) is 45.0 Å². The SMILES string of the molecule is CN=C(NCc1ccc(CN2CC(C)OC(C)C2)cc1)NCC1CCCS1. The lowest BCUT2D eigenvalue weighted by atomic mass is 10.1. The van der Waals surface area contributed by atoms with E-state index in [0.717, 1.165) is 43.9 Å². The Morgan fingerprint density at radius 2 is 1.85 bits per heavy atom. The summed E-state index contributed by atoms with van der Waals surface area (Å²) < 4.78 is 5.82. The first-order chi connectivity index (χ1) is 13.1. The molecule has 3 atom stereocenters. The molecule has 150 valence electrons. The van der Waals surface area contributed by atoms with Crippen molar-refractivity contribution in [2.75, 3.05) is 32.4 Å². The zero-order valence-corrected chi connectivity index (χ0v) is 17.7. The minimum absolute atomic E-state index is 0.319. The molecule has 0 aromatic heterocycles. The lowest BCUT2D eigenvalue weighted by Crippen LogP contribution is -2.44. The zero-order valence-electron chi connectivity index (χ0n) is 16.9. The van der Waals surface area contributed by atoms with Crippen molar-refractivity contribution in [1.82, 2.24) is 15.5 Å². The average molecular weight is 391 g/mol. The van der Waals surface area contributed by atoms with Crippen molar-refractivity contribution in [3.05, 3.63) is 35.4 Å². The van der Waals surface area contributed by atoms with E-state index in [9.17, 15) is 0 Å². The minimum atomic E-state index is 0.319. The van der Waals surface area contributed by atoms with Crippen LogP contribution >= 0.6 is 11.8 Å². The van der Waals surface area contributed by atoms with E-state index in [2.05, 4.69) is 70.4 Å². The topological polar surface area (TPSA) is 48.9 Å². The molecule has 3 rings (SSSR count). The molecular weight excluding hydrogens is 356 g/mol. The Bertz CT molecular complexity index is 591. The van der Waals surface area contributed by atoms with Gasteiger partial charge in [0.2, 0.25) is 0 Å². The van der Waals surface area contributed by atoms with Crippen molar-refractivity contribution in [2.24, 2.45) is 4.99 Å². The second-order valence-corrected chi connectivity index (χ2v) is 9.12. The first kappa shape index (κ1) is 20.5. The number of nitrogens with one attached hydrogen (secondary N) is 2. The number of ether oxygens (including phenoxy) is 1. The summed E-state index contributed by atoms with van der Waals surface area (Å²) in [5, 5.41) is 7.61. The van der Waals surface area contributed by atoms with Gasteiger partial charge in [0.15, 0.2) is 5.96 Å². The van der Waals surface area contributed by atoms with Crippen molar-refractivity contribution in [2.45, 2.75) is 57.2 Å². The molecule has 2 saturated heterocycles. The quantitative estimate of drug-likeness (QED) is 0.578. The van der Waals surface area contributed by atoms with Gasteiger partial charge in [-0.05, 0) is 43.6 Å². The molecule has 0 saturated carbocycles. The molecule has 2 heterocycles. The Morgan fingerprint density at radius 1 is 1.15 bits per heavy atom. The van der Waals surface area contributed by atoms with Crippen molar-refractivity contribution < 1.29 is 4.74 Å². The number of nitrogens with zero attached hydrogens (tertiary/aromatic N) is 2. The van der Waals surface area contributed by atoms with Crippen LogP contribution in [0.25, 0.3) is 0 Å². The fraction of sp³-hybridized carbons (Fsp3) is 0.667. The van der Waals surface area contributed by atoms with E-state index in [0.29, 0.717) is 12.2 Å². The first-order valence-electron chi connectivity index (χ1n) is 10.1. The highest BCUT2D eigenvalue weighted by molar-refractivity contribution is 8.00. The van der Waals surface area contributed by atoms with E-state index >= 15 is 0 Å². The van der Waals surface area contributed by atoms with Crippen molar-refractivity contribution >= 4 is 17.7 Å². The third kappa shape index (κ3) is 6.70. The second-order valence-electron chi connectivity index (χ2n) is 7.71. The van der Waals surface area contributed by atoms with Gasteiger partial charge in [0.05, 0.1) is 12.2 Å². The molecule has 5 nitrogen and oxygen atoms in total. The molecule has 0 aliphatic carbocycles. The van der Waals surface area contributed by atoms with E-state index in [4.69, 9.17) is 4.74 Å². The van der Waals surface area contributed by atoms with Crippen LogP contribution in [0.5, 0.6) is 0 Å². The van der Waals surface area contributed by atoms with Crippen LogP contribution in [-0.2, 0) is 17.8 Å². The zero-order chi connectivity index (χ0) is 19.1. The molecule has 1 aromatic carbocycles. The molecular formula is C21H34N4OS. The first-order valence-corrected chi connectivity index (χ1v) is 11.2. The van der Waals surface area contributed by atoms with Gasteiger partial charge in [-0.1, -0.05) is 24.3 Å². The van der Waals surface area contributed by atoms with E-state index in [-0.39, 0.29) is 0 Å². The average Bonchev–Trinajstić information content (AvgIpc) is 3.16. The van der Waals surface area contributed by atoms with E-state index in [1.807, 2.05) is 7.05 Å². The van der Waals surface area contributed by atoms with Crippen LogP contribution < -0.4 is 10.6 Å². The van der Waals surface area contributed by atoms with Crippen LogP contribution in [0.2, 0.25) is 0 Å². The number of thioether (sulfide) groups is 1. The summed E-state index contributed by atoms with van der Waals surface area (Å²) in [5.74, 6) is 2.19. The van der Waals surface area contributed by atoms with Crippen LogP contribution in [0.1, 0.15) is 37.8 Å². The number of hydrogen-bond acceptors (Lipinski definition) is 4. The molecule has 0 bridgehead atoms. The van der Waals surface area contributed by atoms with E-state index in [1.165, 1.54) is 29.7 Å². The van der Waals surface area contributed by atoms with Crippen molar-refractivity contribution in [3.8, 4) is 0 Å². The van der Waals surface area contributed by atoms with Gasteiger partial charge in [0.1, 0.15) is 0 Å². The van der Waals surface area contributed by atoms with Gasteiger partial charge in [-0.2, -0.15) is 11.8 Å². The predicted molar refractivity (Wildman–Crippen MR) is 115 cm³/mol. The Balaban J connectivity index is 1.42. The predicted octanol–water partition coefficient (Wildman–Crippen LogP) is 2.86. The summed E-state index contributed by atoms with van der Waals surface area (Å²) in [5.41, 5.74) is 2.64. The Kier molecular flexibility index (Phi) is 7.85. The van der Waals surface area contributed by atoms with Crippen LogP contribution in [0.15, 0.2) is 29.3 Å². The van der Waals surface area contributed by atoms with E-state index < -0.39 is 0 Å². The summed E-state index contributed by atoms with van der Waals surface area (Å²) in [6.45, 7) is 9.12. The third-order valence-corrected chi connectivity index (χ3v) is 6.53. The van der Waals surface area contributed by atoms with E-state index in [1.54, 1.807) is 0 Å². The third-order valence-electron chi connectivity index (χ3n) is 5.13. The molecule has 1 aromatic rings. The number of aliphatic imine (C=N–C) groups is 1. The molecule has 3 unspecified atom stereocenters. The summed E-state index contributed by atoms with van der Waals surface area (Å²) in [6.07, 6.45) is 3.30. The largest absolute Gasteiger partial charge is 0.373 e. The molecule has 0 radical (unpaired) electrons. The Hall–Kier alpha value is -1.24. The van der Waals surface area contributed by atoms with Gasteiger partial charge in [-0.25, -0.2) is 0 Å². The van der Waals surface area contributed by atoms with Crippen LogP contribution in [-0.4, -0.2) is 60.8 Å². The minimum Gasteiger partial charge on any atom is -0.373 e. The van der Waals surface area contributed by atoms with Gasteiger partial charge in [-0.3, -0.25) is 9.89 Å². The van der Waals surface area contributed by atoms with Crippen LogP contribution in [0, 0.1) is 0 Å². The molecule has 2 aliphatic rings. The monoisotopic (exact) mass is 390 g/mol. The van der Waals surface area contributed by atoms with Crippen molar-refractivity contribution in [1.29, 1.82) is 0 Å². The maximum atomic E-state index is 5.82. The molecule has 2 fully saturated rings. The Morgan fingerprint density at radius 3 is 2.48 bits per heavy atom. The summed E-state index contributed by atoms with van der Waals surface area (Å²) in [7, 11) is 1.84.